The second-order valence-corrected chi connectivity index (χ2v) is 23.5. The molecule has 2 atom stereocenters. The van der Waals surface area contributed by atoms with Gasteiger partial charge in [0.1, 0.15) is 11.2 Å². The zero-order valence-corrected chi connectivity index (χ0v) is 39.8. The second kappa shape index (κ2) is 26.6. The Balaban J connectivity index is -0.000000251. The number of carbonyl (C=O) groups is 3. The number of hydrogen-bond donors (Lipinski definition) is 2. The minimum absolute atomic E-state index is 0. The third-order valence-corrected chi connectivity index (χ3v) is 13.1. The van der Waals surface area contributed by atoms with Crippen LogP contribution in [0.5, 0.6) is 0 Å². The van der Waals surface area contributed by atoms with Crippen LogP contribution in [0.15, 0.2) is 0 Å². The third kappa shape index (κ3) is 29.1. The van der Waals surface area contributed by atoms with Crippen LogP contribution in [0.2, 0.25) is 18.1 Å². The van der Waals surface area contributed by atoms with E-state index in [1.807, 2.05) is 48.5 Å². The molecule has 54 heavy (non-hydrogen) atoms. The van der Waals surface area contributed by atoms with Gasteiger partial charge in [0.15, 0.2) is 8.32 Å². The Bertz CT molecular complexity index is 1030. The number of aliphatic hydroxyl groups excluding tert-OH is 2. The van der Waals surface area contributed by atoms with Gasteiger partial charge < -0.3 is 43.4 Å². The molecule has 1 saturated heterocycles. The van der Waals surface area contributed by atoms with Gasteiger partial charge in [0.05, 0.1) is 31.9 Å². The number of hydrogen-bond acceptors (Lipinski definition) is 10. The van der Waals surface area contributed by atoms with Gasteiger partial charge in [-0.3, -0.25) is 4.79 Å². The predicted molar refractivity (Wildman–Crippen MR) is 234 cm³/mol. The van der Waals surface area contributed by atoms with E-state index >= 15 is 0 Å². The summed E-state index contributed by atoms with van der Waals surface area (Å²) < 4.78 is 27.1. The molecule has 1 aliphatic heterocycles. The molecule has 0 aromatic carbocycles. The fraction of sp³-hybridized carbons (Fsp3) is 0.923. The Morgan fingerprint density at radius 2 is 1.11 bits per heavy atom. The lowest BCUT2D eigenvalue weighted by molar-refractivity contribution is -0.144. The molecule has 1 rings (SSSR count). The first-order valence-corrected chi connectivity index (χ1v) is 21.2. The van der Waals surface area contributed by atoms with Crippen LogP contribution in [-0.4, -0.2) is 124 Å². The fourth-order valence-corrected chi connectivity index (χ4v) is 5.37. The second-order valence-electron chi connectivity index (χ2n) is 18.7. The zero-order chi connectivity index (χ0) is 40.6. The van der Waals surface area contributed by atoms with E-state index < -0.39 is 31.7 Å². The van der Waals surface area contributed by atoms with Gasteiger partial charge in [-0.15, -0.1) is 0 Å². The van der Waals surface area contributed by atoms with Crippen molar-refractivity contribution in [1.29, 1.82) is 0 Å². The van der Waals surface area contributed by atoms with E-state index in [-0.39, 0.29) is 88.2 Å². The van der Waals surface area contributed by atoms with Crippen molar-refractivity contribution in [2.45, 2.75) is 171 Å². The average Bonchev–Trinajstić information content (AvgIpc) is 3.55. The molecular formula is C39H86N2O10S2Si. The van der Waals surface area contributed by atoms with Crippen molar-refractivity contribution in [3.8, 4) is 0 Å². The molecule has 0 aromatic rings. The van der Waals surface area contributed by atoms with Crippen molar-refractivity contribution in [3.05, 3.63) is 0 Å². The first-order valence-electron chi connectivity index (χ1n) is 18.3. The molecule has 12 nitrogen and oxygen atoms in total. The summed E-state index contributed by atoms with van der Waals surface area (Å²) in [6.45, 7) is 33.7. The number of carbonyl (C=O) groups excluding carboxylic acids is 3. The first-order chi connectivity index (χ1) is 22.8. The fourth-order valence-electron chi connectivity index (χ4n) is 4.33. The quantitative estimate of drug-likeness (QED) is 0.105. The van der Waals surface area contributed by atoms with E-state index in [0.717, 1.165) is 13.2 Å². The molecule has 0 spiro atoms. The molecule has 2 amide bonds. The van der Waals surface area contributed by atoms with Crippen molar-refractivity contribution >= 4 is 53.5 Å². The van der Waals surface area contributed by atoms with E-state index in [0.29, 0.717) is 19.4 Å². The van der Waals surface area contributed by atoms with E-state index in [9.17, 15) is 24.6 Å². The molecule has 328 valence electrons. The number of esters is 1. The highest BCUT2D eigenvalue weighted by molar-refractivity contribution is 7.59. The third-order valence-electron chi connectivity index (χ3n) is 8.61. The number of likely N-dealkylation sites (N-methyl/N-ethyl adjacent to an activating group) is 2. The monoisotopic (exact) mass is 835 g/mol. The molecule has 1 fully saturated rings. The highest BCUT2D eigenvalue weighted by Crippen LogP contribution is 2.37. The molecule has 0 aliphatic carbocycles. The highest BCUT2D eigenvalue weighted by atomic mass is 32.1. The van der Waals surface area contributed by atoms with Gasteiger partial charge in [-0.2, -0.15) is 27.0 Å². The Morgan fingerprint density at radius 1 is 0.722 bits per heavy atom. The number of nitrogens with zero attached hydrogens (tertiary/aromatic N) is 2. The van der Waals surface area contributed by atoms with Crippen LogP contribution in [0, 0.1) is 10.8 Å². The minimum atomic E-state index is -1.92. The summed E-state index contributed by atoms with van der Waals surface area (Å²) in [5.41, 5.74) is -1.77. The maximum absolute atomic E-state index is 12.5. The highest BCUT2D eigenvalue weighted by Gasteiger charge is 2.39. The van der Waals surface area contributed by atoms with Crippen molar-refractivity contribution < 1.29 is 48.0 Å². The van der Waals surface area contributed by atoms with Crippen molar-refractivity contribution in [2.75, 3.05) is 53.7 Å². The van der Waals surface area contributed by atoms with Gasteiger partial charge in [0.2, 0.25) is 0 Å². The molecular weight excluding hydrogens is 749 g/mol. The molecule has 0 unspecified atom stereocenters. The van der Waals surface area contributed by atoms with Gasteiger partial charge in [-0.05, 0) is 90.8 Å². The predicted octanol–water partition coefficient (Wildman–Crippen LogP) is 8.50. The SMILES string of the molecule is C.C1CCOC1.CC(=O)OCC(C)(C)C[C@@H](CO)N(C)C(=O)OC(C)(C)C.CN(C(=O)OC(C)(C)C)[C@H](CO[Si](C)(C)C(C)(C)C)CC(C)(C)CO.S.S. The van der Waals surface area contributed by atoms with Gasteiger partial charge in [0.25, 0.3) is 0 Å². The van der Waals surface area contributed by atoms with Crippen LogP contribution in [0.25, 0.3) is 0 Å². The van der Waals surface area contributed by atoms with Crippen molar-refractivity contribution in [1.82, 2.24) is 9.80 Å². The Hall–Kier alpha value is -1.23. The number of rotatable bonds is 13. The summed E-state index contributed by atoms with van der Waals surface area (Å²) in [6, 6.07) is -0.545. The summed E-state index contributed by atoms with van der Waals surface area (Å²) >= 11 is 0. The van der Waals surface area contributed by atoms with Crippen LogP contribution >= 0.6 is 27.0 Å². The van der Waals surface area contributed by atoms with E-state index in [1.165, 1.54) is 24.7 Å². The normalized spacial score (nSPS) is 14.4. The Kier molecular flexibility index (Phi) is 30.6. The number of amides is 2. The number of ether oxygens (including phenoxy) is 4. The molecule has 0 bridgehead atoms. The molecule has 2 N–H and O–H groups in total. The number of aliphatic hydroxyl groups is 2. The lowest BCUT2D eigenvalue weighted by Gasteiger charge is -2.40. The van der Waals surface area contributed by atoms with Crippen molar-refractivity contribution in [2.24, 2.45) is 10.8 Å². The maximum atomic E-state index is 12.5. The molecule has 1 aliphatic rings. The van der Waals surface area contributed by atoms with Gasteiger partial charge >= 0.3 is 18.2 Å². The lowest BCUT2D eigenvalue weighted by atomic mass is 9.86. The standard InChI is InChI=1S/C19H41NO4Si.C15H29NO5.C4H8O.CH4.2H2S/c1-17(2,3)24-16(22)20(9)15(12-19(7,8)14-21)13-23-25(10,11)18(4,5)6;1-11(18)20-10-15(5,6)8-12(9-17)16(7)13(19)21-14(2,3)4;1-2-4-5-3-1;;;/h15,21H,12-14H2,1-11H3;12,17H,8-10H2,1-7H3;1-4H2;1H4;2*1H2/t15-;12-;;;;/m00..../s1. The summed E-state index contributed by atoms with van der Waals surface area (Å²) in [4.78, 5) is 38.4. The van der Waals surface area contributed by atoms with Crippen LogP contribution in [0.4, 0.5) is 9.59 Å². The lowest BCUT2D eigenvalue weighted by Crippen LogP contribution is -2.49. The molecule has 0 aromatic heterocycles. The summed E-state index contributed by atoms with van der Waals surface area (Å²) in [5, 5.41) is 19.3. The topological polar surface area (TPSA) is 144 Å². The van der Waals surface area contributed by atoms with E-state index in [1.54, 1.807) is 39.8 Å². The Morgan fingerprint density at radius 3 is 1.41 bits per heavy atom. The summed E-state index contributed by atoms with van der Waals surface area (Å²) in [5.74, 6) is -0.343. The van der Waals surface area contributed by atoms with E-state index in [4.69, 9.17) is 23.4 Å². The van der Waals surface area contributed by atoms with Crippen molar-refractivity contribution in [3.63, 3.8) is 0 Å². The molecule has 0 saturated carbocycles. The summed E-state index contributed by atoms with van der Waals surface area (Å²) in [7, 11) is 1.42. The van der Waals surface area contributed by atoms with Crippen LogP contribution in [0.3, 0.4) is 0 Å². The summed E-state index contributed by atoms with van der Waals surface area (Å²) in [6.07, 6.45) is 2.86. The van der Waals surface area contributed by atoms with Crippen LogP contribution in [-0.2, 0) is 28.2 Å². The smallest absolute Gasteiger partial charge is 0.410 e. The van der Waals surface area contributed by atoms with E-state index in [2.05, 4.69) is 33.9 Å². The van der Waals surface area contributed by atoms with Gasteiger partial charge in [-0.25, -0.2) is 9.59 Å². The van der Waals surface area contributed by atoms with Crippen LogP contribution in [0.1, 0.15) is 130 Å². The first kappa shape index (κ1) is 62.0. The molecule has 1 heterocycles. The molecule has 15 heteroatoms. The van der Waals surface area contributed by atoms with Crippen LogP contribution < -0.4 is 0 Å². The van der Waals surface area contributed by atoms with Gasteiger partial charge in [-0.1, -0.05) is 55.9 Å². The van der Waals surface area contributed by atoms with Gasteiger partial charge in [0, 0.05) is 46.3 Å². The molecule has 0 radical (unpaired) electrons. The maximum Gasteiger partial charge on any atom is 0.410 e. The zero-order valence-electron chi connectivity index (χ0n) is 36.8. The largest absolute Gasteiger partial charge is 0.465 e. The average molecular weight is 835 g/mol. The minimum Gasteiger partial charge on any atom is -0.465 e. The Labute approximate surface area is 346 Å².